The van der Waals surface area contributed by atoms with Crippen LogP contribution < -0.4 is 19.7 Å². The number of sulfonamides is 1. The Hall–Kier alpha value is -2.74. The summed E-state index contributed by atoms with van der Waals surface area (Å²) >= 11 is 0. The fourth-order valence-electron chi connectivity index (χ4n) is 2.96. The van der Waals surface area contributed by atoms with Crippen molar-refractivity contribution in [3.05, 3.63) is 42.0 Å². The first-order valence-electron chi connectivity index (χ1n) is 8.71. The van der Waals surface area contributed by atoms with Crippen LogP contribution in [0, 0.1) is 0 Å². The van der Waals surface area contributed by atoms with Crippen LogP contribution in [-0.2, 0) is 21.2 Å². The minimum Gasteiger partial charge on any atom is -0.490 e. The first kappa shape index (κ1) is 19.0. The maximum atomic E-state index is 12.9. The van der Waals surface area contributed by atoms with Crippen LogP contribution in [0.2, 0.25) is 0 Å². The molecule has 0 bridgehead atoms. The van der Waals surface area contributed by atoms with E-state index in [1.807, 2.05) is 18.9 Å². The number of carbonyl (C=O) groups excluding carboxylic acids is 1. The Morgan fingerprint density at radius 2 is 2.00 bits per heavy atom. The molecule has 2 aromatic carbocycles. The number of nitrogens with zero attached hydrogens (tertiary/aromatic N) is 1. The average Bonchev–Trinajstić information content (AvgIpc) is 2.61. The van der Waals surface area contributed by atoms with Gasteiger partial charge in [0.25, 0.3) is 10.0 Å². The van der Waals surface area contributed by atoms with E-state index in [0.717, 1.165) is 11.3 Å². The third kappa shape index (κ3) is 4.16. The predicted molar refractivity (Wildman–Crippen MR) is 106 cm³/mol. The van der Waals surface area contributed by atoms with Gasteiger partial charge in [-0.25, -0.2) is 8.42 Å². The molecule has 0 aliphatic carbocycles. The number of amides is 1. The second kappa shape index (κ2) is 7.48. The minimum absolute atomic E-state index is 0.158. The van der Waals surface area contributed by atoms with Gasteiger partial charge in [-0.1, -0.05) is 13.0 Å². The van der Waals surface area contributed by atoms with Gasteiger partial charge in [-0.3, -0.25) is 9.52 Å². The van der Waals surface area contributed by atoms with E-state index in [-0.39, 0.29) is 10.8 Å². The summed E-state index contributed by atoms with van der Waals surface area (Å²) in [6, 6.07) is 10.0. The van der Waals surface area contributed by atoms with Gasteiger partial charge in [0, 0.05) is 19.7 Å². The quantitative estimate of drug-likeness (QED) is 0.821. The highest BCUT2D eigenvalue weighted by atomic mass is 32.2. The van der Waals surface area contributed by atoms with Gasteiger partial charge in [-0.15, -0.1) is 0 Å². The zero-order valence-corrected chi connectivity index (χ0v) is 16.4. The zero-order valence-electron chi connectivity index (χ0n) is 15.6. The number of fused-ring (bicyclic) bond motifs is 1. The van der Waals surface area contributed by atoms with E-state index in [2.05, 4.69) is 10.0 Å². The van der Waals surface area contributed by atoms with Crippen molar-refractivity contribution in [3.8, 4) is 5.75 Å². The SMILES string of the molecule is CCc1ccc(NC(C)=O)cc1NS(=O)(=O)c1ccc2c(c1)N(C)CCO2. The Balaban J connectivity index is 1.95. The highest BCUT2D eigenvalue weighted by molar-refractivity contribution is 7.92. The molecule has 0 atom stereocenters. The summed E-state index contributed by atoms with van der Waals surface area (Å²) in [4.78, 5) is 13.4. The highest BCUT2D eigenvalue weighted by Crippen LogP contribution is 2.33. The number of ether oxygens (including phenoxy) is 1. The molecular weight excluding hydrogens is 366 g/mol. The number of likely N-dealkylation sites (N-methyl/N-ethyl adjacent to an activating group) is 1. The summed E-state index contributed by atoms with van der Waals surface area (Å²) in [6.07, 6.45) is 0.652. The van der Waals surface area contributed by atoms with Crippen LogP contribution in [0.3, 0.4) is 0 Å². The van der Waals surface area contributed by atoms with E-state index < -0.39 is 10.0 Å². The van der Waals surface area contributed by atoms with E-state index in [9.17, 15) is 13.2 Å². The number of benzene rings is 2. The fraction of sp³-hybridized carbons (Fsp3) is 0.316. The van der Waals surface area contributed by atoms with Crippen LogP contribution in [0.25, 0.3) is 0 Å². The number of carbonyl (C=O) groups is 1. The summed E-state index contributed by atoms with van der Waals surface area (Å²) in [5.74, 6) is 0.454. The van der Waals surface area contributed by atoms with Crippen LogP contribution >= 0.6 is 0 Å². The number of hydrogen-bond donors (Lipinski definition) is 2. The second-order valence-corrected chi connectivity index (χ2v) is 8.09. The van der Waals surface area contributed by atoms with Crippen molar-refractivity contribution in [1.29, 1.82) is 0 Å². The predicted octanol–water partition coefficient (Wildman–Crippen LogP) is 2.84. The molecular formula is C19H23N3O4S. The lowest BCUT2D eigenvalue weighted by Gasteiger charge is -2.28. The molecule has 8 heteroatoms. The largest absolute Gasteiger partial charge is 0.490 e. The summed E-state index contributed by atoms with van der Waals surface area (Å²) < 4.78 is 34.1. The number of hydrogen-bond acceptors (Lipinski definition) is 5. The van der Waals surface area contributed by atoms with E-state index in [1.165, 1.54) is 13.0 Å². The molecule has 0 unspecified atom stereocenters. The molecule has 0 saturated heterocycles. The Morgan fingerprint density at radius 1 is 1.22 bits per heavy atom. The van der Waals surface area contributed by atoms with E-state index in [4.69, 9.17) is 4.74 Å². The van der Waals surface area contributed by atoms with Crippen LogP contribution in [-0.4, -0.2) is 34.5 Å². The van der Waals surface area contributed by atoms with Gasteiger partial charge < -0.3 is 15.0 Å². The van der Waals surface area contributed by atoms with Gasteiger partial charge in [0.1, 0.15) is 12.4 Å². The van der Waals surface area contributed by atoms with Gasteiger partial charge >= 0.3 is 0 Å². The van der Waals surface area contributed by atoms with E-state index in [0.29, 0.717) is 36.7 Å². The van der Waals surface area contributed by atoms with Gasteiger partial charge in [0.05, 0.1) is 22.8 Å². The number of anilines is 3. The van der Waals surface area contributed by atoms with Gasteiger partial charge in [-0.05, 0) is 42.3 Å². The number of nitrogens with one attached hydrogen (secondary N) is 2. The maximum Gasteiger partial charge on any atom is 0.261 e. The normalized spacial score (nSPS) is 13.5. The molecule has 0 aromatic heterocycles. The van der Waals surface area contributed by atoms with Crippen LogP contribution in [0.4, 0.5) is 17.1 Å². The van der Waals surface area contributed by atoms with E-state index in [1.54, 1.807) is 30.3 Å². The molecule has 2 N–H and O–H groups in total. The third-order valence-corrected chi connectivity index (χ3v) is 5.75. The topological polar surface area (TPSA) is 87.7 Å². The van der Waals surface area contributed by atoms with Crippen molar-refractivity contribution >= 4 is 33.0 Å². The maximum absolute atomic E-state index is 12.9. The summed E-state index contributed by atoms with van der Waals surface area (Å²) in [5, 5.41) is 2.67. The average molecular weight is 389 g/mol. The molecule has 3 rings (SSSR count). The summed E-state index contributed by atoms with van der Waals surface area (Å²) in [6.45, 7) is 4.62. The Kier molecular flexibility index (Phi) is 5.27. The molecule has 0 spiro atoms. The second-order valence-electron chi connectivity index (χ2n) is 6.41. The van der Waals surface area contributed by atoms with Gasteiger partial charge in [-0.2, -0.15) is 0 Å². The Labute approximate surface area is 159 Å². The van der Waals surface area contributed by atoms with Crippen molar-refractivity contribution in [3.63, 3.8) is 0 Å². The molecule has 0 fully saturated rings. The first-order valence-corrected chi connectivity index (χ1v) is 10.2. The Morgan fingerprint density at radius 3 is 2.70 bits per heavy atom. The van der Waals surface area contributed by atoms with Crippen molar-refractivity contribution in [2.45, 2.75) is 25.2 Å². The molecule has 7 nitrogen and oxygen atoms in total. The molecule has 1 aliphatic heterocycles. The molecule has 27 heavy (non-hydrogen) atoms. The van der Waals surface area contributed by atoms with Crippen LogP contribution in [0.15, 0.2) is 41.3 Å². The minimum atomic E-state index is -3.79. The molecule has 144 valence electrons. The van der Waals surface area contributed by atoms with Gasteiger partial charge in [0.15, 0.2) is 0 Å². The monoisotopic (exact) mass is 389 g/mol. The molecule has 0 radical (unpaired) electrons. The molecule has 2 aromatic rings. The molecule has 0 saturated carbocycles. The van der Waals surface area contributed by atoms with Crippen molar-refractivity contribution < 1.29 is 17.9 Å². The third-order valence-electron chi connectivity index (χ3n) is 4.39. The van der Waals surface area contributed by atoms with Crippen molar-refractivity contribution in [1.82, 2.24) is 0 Å². The van der Waals surface area contributed by atoms with Crippen LogP contribution in [0.1, 0.15) is 19.4 Å². The summed E-state index contributed by atoms with van der Waals surface area (Å²) in [7, 11) is -1.89. The lowest BCUT2D eigenvalue weighted by atomic mass is 10.1. The standard InChI is InChI=1S/C19H23N3O4S/c1-4-14-5-6-15(20-13(2)23)11-17(14)21-27(24,25)16-7-8-19-18(12-16)22(3)9-10-26-19/h5-8,11-12,21H,4,9-10H2,1-3H3,(H,20,23). The first-order chi connectivity index (χ1) is 12.8. The highest BCUT2D eigenvalue weighted by Gasteiger charge is 2.21. The lowest BCUT2D eigenvalue weighted by Crippen LogP contribution is -2.29. The van der Waals surface area contributed by atoms with E-state index >= 15 is 0 Å². The molecule has 1 heterocycles. The smallest absolute Gasteiger partial charge is 0.261 e. The number of aryl methyl sites for hydroxylation is 1. The lowest BCUT2D eigenvalue weighted by molar-refractivity contribution is -0.114. The fourth-order valence-corrected chi connectivity index (χ4v) is 4.07. The summed E-state index contributed by atoms with van der Waals surface area (Å²) in [5.41, 5.74) is 2.57. The van der Waals surface area contributed by atoms with Crippen LogP contribution in [0.5, 0.6) is 5.75 Å². The van der Waals surface area contributed by atoms with Crippen molar-refractivity contribution in [2.75, 3.05) is 35.1 Å². The van der Waals surface area contributed by atoms with Crippen molar-refractivity contribution in [2.24, 2.45) is 0 Å². The Bertz CT molecular complexity index is 973. The number of rotatable bonds is 5. The molecule has 1 aliphatic rings. The molecule has 1 amide bonds. The van der Waals surface area contributed by atoms with Gasteiger partial charge in [0.2, 0.25) is 5.91 Å². The zero-order chi connectivity index (χ0) is 19.6.